The fourth-order valence-electron chi connectivity index (χ4n) is 8.17. The van der Waals surface area contributed by atoms with Crippen molar-refractivity contribution in [1.29, 1.82) is 0 Å². The van der Waals surface area contributed by atoms with Crippen LogP contribution in [0, 0.1) is 6.92 Å². The summed E-state index contributed by atoms with van der Waals surface area (Å²) in [5, 5.41) is 2.52. The summed E-state index contributed by atoms with van der Waals surface area (Å²) >= 11 is 0. The second-order valence-corrected chi connectivity index (χ2v) is 14.2. The number of para-hydroxylation sites is 1. The molecule has 0 saturated heterocycles. The van der Waals surface area contributed by atoms with Crippen molar-refractivity contribution in [3.63, 3.8) is 0 Å². The average molecular weight is 654 g/mol. The SMILES string of the molecule is Cc1ccc2c(c1)C(C)(C)c1cc(N(c3ccc(-c4cccc5cccc(-c6ccccc6)c45)cc3)c3ccccc3-c3ccccc3)ccc1-2. The van der Waals surface area contributed by atoms with Crippen molar-refractivity contribution in [3.05, 3.63) is 199 Å². The third-order valence-electron chi connectivity index (χ3n) is 10.7. The highest BCUT2D eigenvalue weighted by molar-refractivity contribution is 6.06. The molecule has 51 heavy (non-hydrogen) atoms. The smallest absolute Gasteiger partial charge is 0.0540 e. The second-order valence-electron chi connectivity index (χ2n) is 14.2. The number of hydrogen-bond donors (Lipinski definition) is 0. The van der Waals surface area contributed by atoms with E-state index in [2.05, 4.69) is 208 Å². The van der Waals surface area contributed by atoms with Crippen LogP contribution in [0.4, 0.5) is 17.1 Å². The van der Waals surface area contributed by atoms with E-state index in [9.17, 15) is 0 Å². The van der Waals surface area contributed by atoms with Crippen LogP contribution in [0.5, 0.6) is 0 Å². The molecule has 0 saturated carbocycles. The highest BCUT2D eigenvalue weighted by Crippen LogP contribution is 2.51. The zero-order chi connectivity index (χ0) is 34.5. The molecule has 9 rings (SSSR count). The van der Waals surface area contributed by atoms with Gasteiger partial charge in [0.25, 0.3) is 0 Å². The van der Waals surface area contributed by atoms with E-state index in [4.69, 9.17) is 0 Å². The van der Waals surface area contributed by atoms with Crippen molar-refractivity contribution >= 4 is 27.8 Å². The number of benzene rings is 8. The van der Waals surface area contributed by atoms with Crippen molar-refractivity contribution in [1.82, 2.24) is 0 Å². The summed E-state index contributed by atoms with van der Waals surface area (Å²) in [4.78, 5) is 2.44. The third-order valence-corrected chi connectivity index (χ3v) is 10.7. The van der Waals surface area contributed by atoms with Crippen LogP contribution >= 0.6 is 0 Å². The van der Waals surface area contributed by atoms with Crippen LogP contribution in [0.3, 0.4) is 0 Å². The quantitative estimate of drug-likeness (QED) is 0.173. The summed E-state index contributed by atoms with van der Waals surface area (Å²) in [6, 6.07) is 66.7. The topological polar surface area (TPSA) is 3.24 Å². The van der Waals surface area contributed by atoms with Gasteiger partial charge >= 0.3 is 0 Å². The number of hydrogen-bond acceptors (Lipinski definition) is 1. The molecule has 0 atom stereocenters. The highest BCUT2D eigenvalue weighted by Gasteiger charge is 2.36. The minimum atomic E-state index is -0.105. The molecule has 244 valence electrons. The van der Waals surface area contributed by atoms with Crippen molar-refractivity contribution in [2.24, 2.45) is 0 Å². The third kappa shape index (κ3) is 5.25. The lowest BCUT2D eigenvalue weighted by molar-refractivity contribution is 0.660. The Labute approximate surface area is 301 Å². The summed E-state index contributed by atoms with van der Waals surface area (Å²) in [6.07, 6.45) is 0. The number of anilines is 3. The molecule has 8 aromatic rings. The molecular weight excluding hydrogens is 615 g/mol. The zero-order valence-corrected chi connectivity index (χ0v) is 29.3. The molecule has 0 N–H and O–H groups in total. The molecule has 0 aromatic heterocycles. The van der Waals surface area contributed by atoms with Gasteiger partial charge in [0.1, 0.15) is 0 Å². The molecule has 1 aliphatic rings. The lowest BCUT2D eigenvalue weighted by Crippen LogP contribution is -2.17. The number of aryl methyl sites for hydroxylation is 1. The molecule has 0 unspecified atom stereocenters. The largest absolute Gasteiger partial charge is 0.310 e. The van der Waals surface area contributed by atoms with Crippen LogP contribution in [-0.2, 0) is 5.41 Å². The van der Waals surface area contributed by atoms with Gasteiger partial charge in [-0.05, 0) is 98.1 Å². The van der Waals surface area contributed by atoms with Crippen LogP contribution in [0.15, 0.2) is 182 Å². The van der Waals surface area contributed by atoms with Gasteiger partial charge in [-0.15, -0.1) is 0 Å². The highest BCUT2D eigenvalue weighted by atomic mass is 15.1. The van der Waals surface area contributed by atoms with Crippen LogP contribution in [0.25, 0.3) is 55.3 Å². The second kappa shape index (κ2) is 12.3. The van der Waals surface area contributed by atoms with Crippen LogP contribution in [-0.4, -0.2) is 0 Å². The van der Waals surface area contributed by atoms with E-state index in [1.54, 1.807) is 0 Å². The maximum Gasteiger partial charge on any atom is 0.0540 e. The molecule has 0 radical (unpaired) electrons. The molecular formula is C50H39N. The van der Waals surface area contributed by atoms with Crippen molar-refractivity contribution in [3.8, 4) is 44.5 Å². The Morgan fingerprint density at radius 1 is 0.392 bits per heavy atom. The first-order chi connectivity index (χ1) is 25.0. The Balaban J connectivity index is 1.21. The lowest BCUT2D eigenvalue weighted by Gasteiger charge is -2.30. The minimum absolute atomic E-state index is 0.105. The minimum Gasteiger partial charge on any atom is -0.310 e. The van der Waals surface area contributed by atoms with Gasteiger partial charge in [0.2, 0.25) is 0 Å². The number of fused-ring (bicyclic) bond motifs is 4. The van der Waals surface area contributed by atoms with Crippen LogP contribution in [0.2, 0.25) is 0 Å². The first kappa shape index (κ1) is 30.8. The van der Waals surface area contributed by atoms with Gasteiger partial charge in [-0.25, -0.2) is 0 Å². The monoisotopic (exact) mass is 653 g/mol. The fourth-order valence-corrected chi connectivity index (χ4v) is 8.17. The molecule has 1 heteroatoms. The van der Waals surface area contributed by atoms with Gasteiger partial charge in [0, 0.05) is 22.4 Å². The lowest BCUT2D eigenvalue weighted by atomic mass is 9.82. The van der Waals surface area contributed by atoms with Crippen molar-refractivity contribution in [2.45, 2.75) is 26.2 Å². The maximum atomic E-state index is 2.44. The maximum absolute atomic E-state index is 2.44. The van der Waals surface area contributed by atoms with E-state index in [1.165, 1.54) is 72.0 Å². The van der Waals surface area contributed by atoms with E-state index in [1.807, 2.05) is 0 Å². The Morgan fingerprint density at radius 2 is 0.902 bits per heavy atom. The molecule has 0 amide bonds. The number of nitrogens with zero attached hydrogens (tertiary/aromatic N) is 1. The van der Waals surface area contributed by atoms with E-state index in [0.29, 0.717) is 0 Å². The molecule has 0 aliphatic heterocycles. The van der Waals surface area contributed by atoms with Gasteiger partial charge in [-0.2, -0.15) is 0 Å². The van der Waals surface area contributed by atoms with E-state index < -0.39 is 0 Å². The van der Waals surface area contributed by atoms with Gasteiger partial charge in [-0.1, -0.05) is 171 Å². The molecule has 0 bridgehead atoms. The van der Waals surface area contributed by atoms with Gasteiger partial charge < -0.3 is 4.90 Å². The van der Waals surface area contributed by atoms with Crippen LogP contribution < -0.4 is 4.90 Å². The Hall–Kier alpha value is -6.18. The molecule has 0 spiro atoms. The van der Waals surface area contributed by atoms with E-state index >= 15 is 0 Å². The summed E-state index contributed by atoms with van der Waals surface area (Å²) in [5.74, 6) is 0. The summed E-state index contributed by atoms with van der Waals surface area (Å²) in [5.41, 5.74) is 17.4. The van der Waals surface area contributed by atoms with Gasteiger partial charge in [-0.3, -0.25) is 0 Å². The Morgan fingerprint density at radius 3 is 1.57 bits per heavy atom. The van der Waals surface area contributed by atoms with E-state index in [0.717, 1.165) is 17.1 Å². The Bertz CT molecular complexity index is 2540. The first-order valence-electron chi connectivity index (χ1n) is 17.9. The number of rotatable bonds is 6. The van der Waals surface area contributed by atoms with E-state index in [-0.39, 0.29) is 5.41 Å². The molecule has 0 heterocycles. The predicted molar refractivity (Wildman–Crippen MR) is 217 cm³/mol. The average Bonchev–Trinajstić information content (AvgIpc) is 3.40. The van der Waals surface area contributed by atoms with Crippen LogP contribution in [0.1, 0.15) is 30.5 Å². The zero-order valence-electron chi connectivity index (χ0n) is 29.3. The molecule has 0 fully saturated rings. The first-order valence-corrected chi connectivity index (χ1v) is 17.9. The summed E-state index contributed by atoms with van der Waals surface area (Å²) in [7, 11) is 0. The Kier molecular flexibility index (Phi) is 7.44. The van der Waals surface area contributed by atoms with Crippen molar-refractivity contribution in [2.75, 3.05) is 4.90 Å². The summed E-state index contributed by atoms with van der Waals surface area (Å²) < 4.78 is 0. The normalized spacial score (nSPS) is 12.8. The predicted octanol–water partition coefficient (Wildman–Crippen LogP) is 13.9. The van der Waals surface area contributed by atoms with Gasteiger partial charge in [0.05, 0.1) is 5.69 Å². The summed E-state index contributed by atoms with van der Waals surface area (Å²) in [6.45, 7) is 6.93. The van der Waals surface area contributed by atoms with Gasteiger partial charge in [0.15, 0.2) is 0 Å². The molecule has 1 aliphatic carbocycles. The fraction of sp³-hybridized carbons (Fsp3) is 0.0800. The molecule has 1 nitrogen and oxygen atoms in total. The van der Waals surface area contributed by atoms with Crippen molar-refractivity contribution < 1.29 is 0 Å². The standard InChI is InChI=1S/C50H39N/c1-34-24-30-44-45-31-29-40(33-47(45)50(2,3)46(44)32-34)51(48-23-11-10-20-41(48)35-14-6-4-7-15-35)39-27-25-37(26-28-39)43-22-13-19-38-18-12-21-42(49(38)43)36-16-8-5-9-17-36/h4-33H,1-3H3. The molecule has 8 aromatic carbocycles.